The Labute approximate surface area is 122 Å². The fraction of sp³-hybridized carbons (Fsp3) is 0.267. The molecule has 0 radical (unpaired) electrons. The van der Waals surface area contributed by atoms with E-state index >= 15 is 0 Å². The molecule has 1 heterocycles. The molecule has 0 aliphatic heterocycles. The summed E-state index contributed by atoms with van der Waals surface area (Å²) in [6.45, 7) is 0. The molecule has 1 saturated carbocycles. The summed E-state index contributed by atoms with van der Waals surface area (Å²) in [4.78, 5) is 20.1. The Bertz CT molecular complexity index is 596. The SMILES string of the molecule is O=C(NC(c1ccccc1)C1CC1)c1cnc(Cl)cn1. The van der Waals surface area contributed by atoms with E-state index in [0.29, 0.717) is 5.92 Å². The minimum atomic E-state index is -0.213. The maximum Gasteiger partial charge on any atom is 0.271 e. The zero-order chi connectivity index (χ0) is 13.9. The third kappa shape index (κ3) is 2.96. The molecule has 1 fully saturated rings. The molecule has 0 saturated heterocycles. The first-order chi connectivity index (χ1) is 9.74. The number of halogens is 1. The summed E-state index contributed by atoms with van der Waals surface area (Å²) in [6.07, 6.45) is 5.07. The highest BCUT2D eigenvalue weighted by Gasteiger charge is 2.33. The second-order valence-electron chi connectivity index (χ2n) is 4.92. The number of rotatable bonds is 4. The van der Waals surface area contributed by atoms with Gasteiger partial charge in [-0.15, -0.1) is 0 Å². The van der Waals surface area contributed by atoms with Crippen molar-refractivity contribution in [3.63, 3.8) is 0 Å². The highest BCUT2D eigenvalue weighted by Crippen LogP contribution is 2.41. The lowest BCUT2D eigenvalue weighted by Crippen LogP contribution is -2.30. The minimum Gasteiger partial charge on any atom is -0.344 e. The average molecular weight is 288 g/mol. The van der Waals surface area contributed by atoms with E-state index in [9.17, 15) is 4.79 Å². The molecule has 1 atom stereocenters. The molecule has 1 N–H and O–H groups in total. The van der Waals surface area contributed by atoms with Crippen LogP contribution in [0.4, 0.5) is 0 Å². The summed E-state index contributed by atoms with van der Waals surface area (Å²) in [5.41, 5.74) is 1.42. The topological polar surface area (TPSA) is 54.9 Å². The van der Waals surface area contributed by atoms with Gasteiger partial charge in [0.25, 0.3) is 5.91 Å². The van der Waals surface area contributed by atoms with Gasteiger partial charge in [0.1, 0.15) is 10.8 Å². The predicted octanol–water partition coefficient (Wildman–Crippen LogP) is 3.01. The summed E-state index contributed by atoms with van der Waals surface area (Å²) in [6, 6.07) is 10.1. The van der Waals surface area contributed by atoms with Crippen LogP contribution in [0.15, 0.2) is 42.7 Å². The van der Waals surface area contributed by atoms with Gasteiger partial charge in [0.05, 0.1) is 18.4 Å². The molecular formula is C15H14ClN3O. The summed E-state index contributed by atoms with van der Waals surface area (Å²) >= 11 is 5.67. The third-order valence-corrected chi connectivity index (χ3v) is 3.59. The molecule has 4 nitrogen and oxygen atoms in total. The monoisotopic (exact) mass is 287 g/mol. The molecule has 1 aromatic carbocycles. The lowest BCUT2D eigenvalue weighted by molar-refractivity contribution is 0.0926. The van der Waals surface area contributed by atoms with Gasteiger partial charge in [-0.05, 0) is 24.3 Å². The normalized spacial score (nSPS) is 15.7. The number of carbonyl (C=O) groups excluding carboxylic acids is 1. The molecule has 1 aliphatic carbocycles. The van der Waals surface area contributed by atoms with E-state index in [1.807, 2.05) is 30.3 Å². The summed E-state index contributed by atoms with van der Waals surface area (Å²) in [7, 11) is 0. The number of hydrogen-bond acceptors (Lipinski definition) is 3. The van der Waals surface area contributed by atoms with Gasteiger partial charge in [-0.1, -0.05) is 41.9 Å². The average Bonchev–Trinajstić information content (AvgIpc) is 3.31. The standard InChI is InChI=1S/C15H14ClN3O/c16-13-9-17-12(8-18-13)15(20)19-14(11-6-7-11)10-4-2-1-3-5-10/h1-5,8-9,11,14H,6-7H2,(H,19,20). The van der Waals surface area contributed by atoms with Crippen molar-refractivity contribution in [2.75, 3.05) is 0 Å². The second kappa shape index (κ2) is 5.59. The van der Waals surface area contributed by atoms with Gasteiger partial charge in [-0.2, -0.15) is 0 Å². The van der Waals surface area contributed by atoms with Crippen molar-refractivity contribution in [1.82, 2.24) is 15.3 Å². The van der Waals surface area contributed by atoms with Gasteiger partial charge in [0.15, 0.2) is 0 Å². The first-order valence-electron chi connectivity index (χ1n) is 6.57. The van der Waals surface area contributed by atoms with Crippen LogP contribution in [0.3, 0.4) is 0 Å². The van der Waals surface area contributed by atoms with Crippen LogP contribution in [0.5, 0.6) is 0 Å². The number of benzene rings is 1. The number of nitrogens with one attached hydrogen (secondary N) is 1. The van der Waals surface area contributed by atoms with Gasteiger partial charge in [0, 0.05) is 0 Å². The van der Waals surface area contributed by atoms with Gasteiger partial charge in [0.2, 0.25) is 0 Å². The molecule has 3 rings (SSSR count). The number of hydrogen-bond donors (Lipinski definition) is 1. The Hall–Kier alpha value is -1.94. The van der Waals surface area contributed by atoms with Crippen molar-refractivity contribution < 1.29 is 4.79 Å². The smallest absolute Gasteiger partial charge is 0.271 e. The quantitative estimate of drug-likeness (QED) is 0.940. The first-order valence-corrected chi connectivity index (χ1v) is 6.95. The van der Waals surface area contributed by atoms with E-state index in [2.05, 4.69) is 15.3 Å². The van der Waals surface area contributed by atoms with Crippen LogP contribution in [-0.2, 0) is 0 Å². The van der Waals surface area contributed by atoms with Gasteiger partial charge in [-0.3, -0.25) is 4.79 Å². The number of carbonyl (C=O) groups is 1. The van der Waals surface area contributed by atoms with Crippen molar-refractivity contribution in [3.05, 3.63) is 59.1 Å². The molecule has 1 aliphatic rings. The third-order valence-electron chi connectivity index (χ3n) is 3.39. The van der Waals surface area contributed by atoms with E-state index < -0.39 is 0 Å². The molecule has 1 amide bonds. The summed E-state index contributed by atoms with van der Waals surface area (Å²) in [5.74, 6) is 0.302. The molecule has 1 unspecified atom stereocenters. The van der Waals surface area contributed by atoms with Crippen LogP contribution in [0.25, 0.3) is 0 Å². The van der Waals surface area contributed by atoms with E-state index in [1.54, 1.807) is 0 Å². The first kappa shape index (κ1) is 13.1. The largest absolute Gasteiger partial charge is 0.344 e. The zero-order valence-corrected chi connectivity index (χ0v) is 11.5. The maximum atomic E-state index is 12.2. The summed E-state index contributed by atoms with van der Waals surface area (Å²) in [5, 5.41) is 3.33. The molecule has 5 heteroatoms. The van der Waals surface area contributed by atoms with E-state index in [1.165, 1.54) is 12.4 Å². The molecule has 0 bridgehead atoms. The van der Waals surface area contributed by atoms with Gasteiger partial charge in [-0.25, -0.2) is 9.97 Å². The summed E-state index contributed by atoms with van der Waals surface area (Å²) < 4.78 is 0. The Balaban J connectivity index is 1.77. The highest BCUT2D eigenvalue weighted by molar-refractivity contribution is 6.29. The van der Waals surface area contributed by atoms with Gasteiger partial charge < -0.3 is 5.32 Å². The lowest BCUT2D eigenvalue weighted by Gasteiger charge is -2.18. The van der Waals surface area contributed by atoms with Crippen LogP contribution < -0.4 is 5.32 Å². The Morgan fingerprint density at radius 2 is 1.95 bits per heavy atom. The van der Waals surface area contributed by atoms with Crippen molar-refractivity contribution in [1.29, 1.82) is 0 Å². The molecule has 2 aromatic rings. The van der Waals surface area contributed by atoms with Crippen molar-refractivity contribution in [2.24, 2.45) is 5.92 Å². The lowest BCUT2D eigenvalue weighted by atomic mass is 10.0. The zero-order valence-electron chi connectivity index (χ0n) is 10.8. The highest BCUT2D eigenvalue weighted by atomic mass is 35.5. The molecule has 20 heavy (non-hydrogen) atoms. The molecule has 0 spiro atoms. The molecular weight excluding hydrogens is 274 g/mol. The van der Waals surface area contributed by atoms with E-state index in [-0.39, 0.29) is 22.8 Å². The Morgan fingerprint density at radius 3 is 2.55 bits per heavy atom. The molecule has 1 aromatic heterocycles. The number of aromatic nitrogens is 2. The second-order valence-corrected chi connectivity index (χ2v) is 5.31. The van der Waals surface area contributed by atoms with Gasteiger partial charge >= 0.3 is 0 Å². The van der Waals surface area contributed by atoms with Crippen LogP contribution in [-0.4, -0.2) is 15.9 Å². The fourth-order valence-electron chi connectivity index (χ4n) is 2.21. The van der Waals surface area contributed by atoms with Crippen LogP contribution >= 0.6 is 11.6 Å². The number of nitrogens with zero attached hydrogens (tertiary/aromatic N) is 2. The minimum absolute atomic E-state index is 0.0428. The van der Waals surface area contributed by atoms with Crippen LogP contribution in [0, 0.1) is 5.92 Å². The molecule has 102 valence electrons. The van der Waals surface area contributed by atoms with E-state index in [0.717, 1.165) is 18.4 Å². The van der Waals surface area contributed by atoms with Crippen molar-refractivity contribution in [2.45, 2.75) is 18.9 Å². The van der Waals surface area contributed by atoms with Crippen molar-refractivity contribution >= 4 is 17.5 Å². The maximum absolute atomic E-state index is 12.2. The predicted molar refractivity (Wildman–Crippen MR) is 76.4 cm³/mol. The van der Waals surface area contributed by atoms with Crippen LogP contribution in [0.2, 0.25) is 5.15 Å². The number of amides is 1. The fourth-order valence-corrected chi connectivity index (χ4v) is 2.31. The van der Waals surface area contributed by atoms with E-state index in [4.69, 9.17) is 11.6 Å². The van der Waals surface area contributed by atoms with Crippen LogP contribution in [0.1, 0.15) is 34.9 Å². The Kier molecular flexibility index (Phi) is 3.65. The van der Waals surface area contributed by atoms with Crippen molar-refractivity contribution in [3.8, 4) is 0 Å². The Morgan fingerprint density at radius 1 is 1.20 bits per heavy atom.